The zero-order valence-electron chi connectivity index (χ0n) is 22.5. The third-order valence-electron chi connectivity index (χ3n) is 8.56. The first-order chi connectivity index (χ1) is 20.4. The summed E-state index contributed by atoms with van der Waals surface area (Å²) in [6, 6.07) is 23.5. The Hall–Kier alpha value is -4.99. The zero-order valence-corrected chi connectivity index (χ0v) is 22.5. The average molecular weight is 560 g/mol. The van der Waals surface area contributed by atoms with Gasteiger partial charge in [-0.25, -0.2) is 9.59 Å². The van der Waals surface area contributed by atoms with Gasteiger partial charge in [0.1, 0.15) is 12.3 Å². The van der Waals surface area contributed by atoms with E-state index in [-0.39, 0.29) is 23.5 Å². The molecule has 8 rings (SSSR count). The number of aromatic amines is 1. The van der Waals surface area contributed by atoms with E-state index in [1.54, 1.807) is 31.2 Å². The van der Waals surface area contributed by atoms with Crippen LogP contribution in [0.25, 0.3) is 43.6 Å². The number of nitrogens with zero attached hydrogens (tertiary/aromatic N) is 1. The van der Waals surface area contributed by atoms with Crippen LogP contribution in [-0.4, -0.2) is 50.8 Å². The zero-order chi connectivity index (χ0) is 28.7. The second kappa shape index (κ2) is 9.01. The topological polar surface area (TPSA) is 123 Å². The molecule has 4 heterocycles. The molecular formula is C33H25N3O6. The lowest BCUT2D eigenvalue weighted by Gasteiger charge is -2.39. The number of nitrogens with one attached hydrogen (secondary N) is 2. The van der Waals surface area contributed by atoms with Crippen molar-refractivity contribution in [3.63, 3.8) is 0 Å². The molecule has 0 aliphatic carbocycles. The summed E-state index contributed by atoms with van der Waals surface area (Å²) in [7, 11) is 0. The number of aromatic nitrogens is 2. The molecule has 2 aliphatic rings. The van der Waals surface area contributed by atoms with E-state index in [9.17, 15) is 19.5 Å². The number of cyclic esters (lactones) is 2. The Labute approximate surface area is 238 Å². The van der Waals surface area contributed by atoms with Crippen LogP contribution in [0.5, 0.6) is 0 Å². The number of ether oxygens (including phenoxy) is 2. The van der Waals surface area contributed by atoms with Crippen molar-refractivity contribution in [2.24, 2.45) is 0 Å². The minimum Gasteiger partial charge on any atom is -0.388 e. The number of esters is 2. The summed E-state index contributed by atoms with van der Waals surface area (Å²) in [6.45, 7) is 1.78. The number of para-hydroxylation sites is 2. The van der Waals surface area contributed by atoms with Gasteiger partial charge in [-0.3, -0.25) is 4.79 Å². The highest BCUT2D eigenvalue weighted by molar-refractivity contribution is 6.36. The summed E-state index contributed by atoms with van der Waals surface area (Å²) in [5.74, 6) is -1.64. The molecule has 0 saturated carbocycles. The largest absolute Gasteiger partial charge is 0.388 e. The number of fused-ring (bicyclic) bond motifs is 10. The highest BCUT2D eigenvalue weighted by Crippen LogP contribution is 2.46. The fraction of sp³-hybridized carbons (Fsp3) is 0.182. The molecule has 208 valence electrons. The number of aliphatic hydroxyl groups is 1. The van der Waals surface area contributed by atoms with Crippen molar-refractivity contribution in [2.75, 3.05) is 0 Å². The van der Waals surface area contributed by atoms with E-state index < -0.39 is 36.4 Å². The van der Waals surface area contributed by atoms with Gasteiger partial charge < -0.3 is 29.4 Å². The highest BCUT2D eigenvalue weighted by Gasteiger charge is 2.41. The van der Waals surface area contributed by atoms with Crippen molar-refractivity contribution in [2.45, 2.75) is 37.8 Å². The third kappa shape index (κ3) is 3.41. The first-order valence-corrected chi connectivity index (χ1v) is 13.9. The summed E-state index contributed by atoms with van der Waals surface area (Å²) >= 11 is 0. The minimum atomic E-state index is -0.938. The summed E-state index contributed by atoms with van der Waals surface area (Å²) in [6.07, 6.45) is -1.90. The third-order valence-corrected chi connectivity index (χ3v) is 8.56. The second-order valence-corrected chi connectivity index (χ2v) is 10.9. The van der Waals surface area contributed by atoms with Crippen molar-refractivity contribution in [1.82, 2.24) is 14.9 Å². The number of carbonyl (C=O) groups is 3. The Morgan fingerprint density at radius 3 is 2.36 bits per heavy atom. The number of aliphatic hydroxyl groups excluding tert-OH is 1. The lowest BCUT2D eigenvalue weighted by atomic mass is 9.96. The van der Waals surface area contributed by atoms with Gasteiger partial charge >= 0.3 is 11.9 Å². The summed E-state index contributed by atoms with van der Waals surface area (Å²) in [5, 5.41) is 16.9. The Kier molecular flexibility index (Phi) is 5.31. The fourth-order valence-corrected chi connectivity index (χ4v) is 6.70. The molecule has 0 unspecified atom stereocenters. The molecule has 3 N–H and O–H groups in total. The first-order valence-electron chi connectivity index (χ1n) is 13.9. The fourth-order valence-electron chi connectivity index (χ4n) is 6.70. The van der Waals surface area contributed by atoms with E-state index in [2.05, 4.69) is 10.3 Å². The summed E-state index contributed by atoms with van der Waals surface area (Å²) in [5.41, 5.74) is 3.96. The molecule has 1 amide bonds. The maximum absolute atomic E-state index is 13.2. The number of benzene rings is 4. The van der Waals surface area contributed by atoms with Crippen LogP contribution >= 0.6 is 0 Å². The van der Waals surface area contributed by atoms with Gasteiger partial charge in [-0.1, -0.05) is 54.6 Å². The molecule has 6 aromatic rings. The maximum Gasteiger partial charge on any atom is 0.347 e. The quantitative estimate of drug-likeness (QED) is 0.202. The Balaban J connectivity index is 1.38. The molecule has 0 spiro atoms. The average Bonchev–Trinajstić information content (AvgIpc) is 3.64. The van der Waals surface area contributed by atoms with Crippen molar-refractivity contribution in [3.05, 3.63) is 95.6 Å². The predicted molar refractivity (Wildman–Crippen MR) is 156 cm³/mol. The van der Waals surface area contributed by atoms with Gasteiger partial charge in [0.15, 0.2) is 0 Å². The molecule has 4 aromatic carbocycles. The van der Waals surface area contributed by atoms with Gasteiger partial charge in [0.25, 0.3) is 5.91 Å². The normalized spacial score (nSPS) is 22.2. The minimum absolute atomic E-state index is 0.236. The van der Waals surface area contributed by atoms with Crippen molar-refractivity contribution >= 4 is 61.5 Å². The molecule has 2 aromatic heterocycles. The van der Waals surface area contributed by atoms with E-state index in [4.69, 9.17) is 9.47 Å². The lowest BCUT2D eigenvalue weighted by molar-refractivity contribution is -0.146. The molecule has 1 saturated heterocycles. The van der Waals surface area contributed by atoms with Crippen LogP contribution in [0.1, 0.15) is 50.6 Å². The number of H-pyrrole nitrogens is 1. The first kappa shape index (κ1) is 24.8. The summed E-state index contributed by atoms with van der Waals surface area (Å²) < 4.78 is 13.6. The monoisotopic (exact) mass is 559 g/mol. The molecule has 9 nitrogen and oxygen atoms in total. The van der Waals surface area contributed by atoms with E-state index in [0.717, 1.165) is 21.8 Å². The molecule has 0 bridgehead atoms. The van der Waals surface area contributed by atoms with Gasteiger partial charge in [0.2, 0.25) is 0 Å². The number of hydrogen-bond donors (Lipinski definition) is 3. The van der Waals surface area contributed by atoms with Crippen LogP contribution in [0.3, 0.4) is 0 Å². The number of carbonyl (C=O) groups excluding carboxylic acids is 3. The molecule has 2 aliphatic heterocycles. The van der Waals surface area contributed by atoms with Crippen LogP contribution in [-0.2, 0) is 9.47 Å². The van der Waals surface area contributed by atoms with Crippen LogP contribution in [0.4, 0.5) is 0 Å². The van der Waals surface area contributed by atoms with Gasteiger partial charge in [0, 0.05) is 39.0 Å². The lowest BCUT2D eigenvalue weighted by Crippen LogP contribution is -2.53. The molecule has 9 heteroatoms. The van der Waals surface area contributed by atoms with Gasteiger partial charge in [0.05, 0.1) is 39.8 Å². The number of rotatable bonds is 3. The van der Waals surface area contributed by atoms with Crippen LogP contribution in [0.15, 0.2) is 78.9 Å². The molecule has 4 atom stereocenters. The highest BCUT2D eigenvalue weighted by atomic mass is 16.6. The van der Waals surface area contributed by atoms with Gasteiger partial charge in [-0.2, -0.15) is 0 Å². The molecular weight excluding hydrogens is 534 g/mol. The van der Waals surface area contributed by atoms with E-state index in [1.807, 2.05) is 59.2 Å². The van der Waals surface area contributed by atoms with Gasteiger partial charge in [-0.15, -0.1) is 0 Å². The van der Waals surface area contributed by atoms with E-state index in [0.29, 0.717) is 27.4 Å². The predicted octanol–water partition coefficient (Wildman–Crippen LogP) is 5.21. The van der Waals surface area contributed by atoms with E-state index >= 15 is 0 Å². The van der Waals surface area contributed by atoms with Crippen LogP contribution in [0, 0.1) is 0 Å². The standard InChI is InChI=1S/C33H25N3O6/c1-16-30(37)21(35-31(38)17-9-3-2-4-10-17)15-23(41-16)36-22-14-8-6-12-19(22)25-27-26(32(39)42-33(27)40)24-18-11-5-7-13-20(18)34-28(24)29(25)36/h2-14,16,21,23,30,34,37H,15H2,1H3,(H,35,38)/t16-,21-,23+,30+/m0/s1. The van der Waals surface area contributed by atoms with Crippen molar-refractivity contribution in [3.8, 4) is 0 Å². The molecule has 1 fully saturated rings. The smallest absolute Gasteiger partial charge is 0.347 e. The number of amides is 1. The molecule has 42 heavy (non-hydrogen) atoms. The van der Waals surface area contributed by atoms with Crippen molar-refractivity contribution in [1.29, 1.82) is 0 Å². The van der Waals surface area contributed by atoms with E-state index in [1.165, 1.54) is 0 Å². The Morgan fingerprint density at radius 1 is 0.905 bits per heavy atom. The van der Waals surface area contributed by atoms with Gasteiger partial charge in [-0.05, 0) is 31.2 Å². The summed E-state index contributed by atoms with van der Waals surface area (Å²) in [4.78, 5) is 42.9. The Bertz CT molecular complexity index is 2110. The van der Waals surface area contributed by atoms with Crippen molar-refractivity contribution < 1.29 is 29.0 Å². The SMILES string of the molecule is C[C@@H]1O[C@@H](n2c3ccccc3c3c4c(c5c6ccccc6[nH]c5c32)C(=O)OC4=O)C[C@H](NC(=O)c2ccccc2)[C@@H]1O. The molecule has 0 radical (unpaired) electrons. The van der Waals surface area contributed by atoms with Crippen LogP contribution < -0.4 is 5.32 Å². The Morgan fingerprint density at radius 2 is 1.57 bits per heavy atom. The maximum atomic E-state index is 13.2. The van der Waals surface area contributed by atoms with Crippen LogP contribution in [0.2, 0.25) is 0 Å². The second-order valence-electron chi connectivity index (χ2n) is 10.9. The number of hydrogen-bond acceptors (Lipinski definition) is 6.